The van der Waals surface area contributed by atoms with Crippen LogP contribution in [0.1, 0.15) is 30.2 Å². The summed E-state index contributed by atoms with van der Waals surface area (Å²) in [4.78, 5) is 10.5. The van der Waals surface area contributed by atoms with Crippen molar-refractivity contribution in [3.8, 4) is 0 Å². The molecule has 1 aromatic rings. The summed E-state index contributed by atoms with van der Waals surface area (Å²) in [5.41, 5.74) is 5.99. The van der Waals surface area contributed by atoms with Crippen molar-refractivity contribution in [1.82, 2.24) is 5.16 Å². The van der Waals surface area contributed by atoms with Crippen LogP contribution < -0.4 is 5.73 Å². The lowest BCUT2D eigenvalue weighted by atomic mass is 10.1. The molecule has 1 aromatic heterocycles. The maximum Gasteiger partial charge on any atom is 0.320 e. The van der Waals surface area contributed by atoms with Gasteiger partial charge < -0.3 is 15.4 Å². The van der Waals surface area contributed by atoms with Crippen LogP contribution in [0.5, 0.6) is 0 Å². The van der Waals surface area contributed by atoms with E-state index in [-0.39, 0.29) is 6.42 Å². The summed E-state index contributed by atoms with van der Waals surface area (Å²) in [5.74, 6) is 0.343. The molecule has 0 aliphatic heterocycles. The number of rotatable bonds is 4. The SMILES string of the molecule is NC(Cc1cc(C2CC2)on1)C(=O)O. The zero-order valence-electron chi connectivity index (χ0n) is 7.64. The van der Waals surface area contributed by atoms with Crippen LogP contribution in [0.15, 0.2) is 10.6 Å². The molecule has 1 aliphatic rings. The van der Waals surface area contributed by atoms with E-state index < -0.39 is 12.0 Å². The molecule has 0 radical (unpaired) electrons. The Hall–Kier alpha value is -1.36. The van der Waals surface area contributed by atoms with Gasteiger partial charge >= 0.3 is 5.97 Å². The van der Waals surface area contributed by atoms with Crippen molar-refractivity contribution in [2.75, 3.05) is 0 Å². The molecule has 1 unspecified atom stereocenters. The lowest BCUT2D eigenvalue weighted by Crippen LogP contribution is -2.32. The summed E-state index contributed by atoms with van der Waals surface area (Å²) in [6, 6.07) is 0.910. The third-order valence-corrected chi connectivity index (χ3v) is 2.30. The number of carbonyl (C=O) groups is 1. The van der Waals surface area contributed by atoms with E-state index in [0.717, 1.165) is 18.6 Å². The maximum absolute atomic E-state index is 10.5. The predicted octanol–water partition coefficient (Wildman–Crippen LogP) is 0.506. The zero-order valence-corrected chi connectivity index (χ0v) is 7.64. The fourth-order valence-corrected chi connectivity index (χ4v) is 1.30. The minimum Gasteiger partial charge on any atom is -0.480 e. The van der Waals surface area contributed by atoms with Crippen LogP contribution in [0, 0.1) is 0 Å². The van der Waals surface area contributed by atoms with Crippen LogP contribution in [-0.2, 0) is 11.2 Å². The molecule has 0 bridgehead atoms. The molecule has 1 aliphatic carbocycles. The Bertz CT molecular complexity index is 344. The molecule has 5 heteroatoms. The summed E-state index contributed by atoms with van der Waals surface area (Å²) in [5, 5.41) is 12.4. The Morgan fingerprint density at radius 3 is 3.07 bits per heavy atom. The third-order valence-electron chi connectivity index (χ3n) is 2.30. The van der Waals surface area contributed by atoms with Crippen LogP contribution in [0.4, 0.5) is 0 Å². The average Bonchev–Trinajstić information content (AvgIpc) is 2.88. The number of aromatic nitrogens is 1. The van der Waals surface area contributed by atoms with Gasteiger partial charge in [-0.2, -0.15) is 0 Å². The summed E-state index contributed by atoms with van der Waals surface area (Å²) in [6.07, 6.45) is 2.50. The predicted molar refractivity (Wildman–Crippen MR) is 47.8 cm³/mol. The van der Waals surface area contributed by atoms with Crippen LogP contribution in [0.2, 0.25) is 0 Å². The molecule has 1 saturated carbocycles. The number of carboxylic acid groups (broad SMARTS) is 1. The van der Waals surface area contributed by atoms with Gasteiger partial charge in [-0.3, -0.25) is 4.79 Å². The van der Waals surface area contributed by atoms with Gasteiger partial charge in [-0.1, -0.05) is 5.16 Å². The fraction of sp³-hybridized carbons (Fsp3) is 0.556. The van der Waals surface area contributed by atoms with Crippen molar-refractivity contribution in [3.05, 3.63) is 17.5 Å². The van der Waals surface area contributed by atoms with Gasteiger partial charge in [-0.25, -0.2) is 0 Å². The highest BCUT2D eigenvalue weighted by Gasteiger charge is 2.28. The molecule has 76 valence electrons. The van der Waals surface area contributed by atoms with E-state index in [1.165, 1.54) is 0 Å². The molecule has 3 N–H and O–H groups in total. The number of nitrogens with two attached hydrogens (primary N) is 1. The largest absolute Gasteiger partial charge is 0.480 e. The Labute approximate surface area is 80.9 Å². The molecule has 1 heterocycles. The van der Waals surface area contributed by atoms with Gasteiger partial charge in [0.15, 0.2) is 0 Å². The molecule has 5 nitrogen and oxygen atoms in total. The van der Waals surface area contributed by atoms with Crippen LogP contribution >= 0.6 is 0 Å². The van der Waals surface area contributed by atoms with Gasteiger partial charge in [0.2, 0.25) is 0 Å². The number of carboxylic acids is 1. The second-order valence-electron chi connectivity index (χ2n) is 3.64. The maximum atomic E-state index is 10.5. The molecule has 0 amide bonds. The first-order valence-corrected chi connectivity index (χ1v) is 4.60. The fourth-order valence-electron chi connectivity index (χ4n) is 1.30. The zero-order chi connectivity index (χ0) is 10.1. The number of nitrogens with zero attached hydrogens (tertiary/aromatic N) is 1. The van der Waals surface area contributed by atoms with Gasteiger partial charge in [-0.05, 0) is 12.8 Å². The molecule has 2 rings (SSSR count). The highest BCUT2D eigenvalue weighted by Crippen LogP contribution is 2.40. The molecular weight excluding hydrogens is 184 g/mol. The minimum absolute atomic E-state index is 0.228. The second-order valence-corrected chi connectivity index (χ2v) is 3.64. The van der Waals surface area contributed by atoms with Gasteiger partial charge in [0.1, 0.15) is 11.8 Å². The van der Waals surface area contributed by atoms with E-state index in [0.29, 0.717) is 11.6 Å². The Morgan fingerprint density at radius 1 is 1.79 bits per heavy atom. The first kappa shape index (κ1) is 9.21. The topological polar surface area (TPSA) is 89.4 Å². The minimum atomic E-state index is -1.01. The van der Waals surface area contributed by atoms with Crippen molar-refractivity contribution in [1.29, 1.82) is 0 Å². The third kappa shape index (κ3) is 1.93. The molecule has 14 heavy (non-hydrogen) atoms. The van der Waals surface area contributed by atoms with Gasteiger partial charge in [-0.15, -0.1) is 0 Å². The molecule has 0 spiro atoms. The van der Waals surface area contributed by atoms with E-state index in [1.54, 1.807) is 6.07 Å². The number of hydrogen-bond acceptors (Lipinski definition) is 4. The normalized spacial score (nSPS) is 18.1. The summed E-state index contributed by atoms with van der Waals surface area (Å²) < 4.78 is 5.07. The molecular formula is C9H12N2O3. The molecule has 1 fully saturated rings. The van der Waals surface area contributed by atoms with Gasteiger partial charge in [0, 0.05) is 18.4 Å². The monoisotopic (exact) mass is 196 g/mol. The molecule has 0 saturated heterocycles. The van der Waals surface area contributed by atoms with Crippen LogP contribution in [0.3, 0.4) is 0 Å². The van der Waals surface area contributed by atoms with E-state index in [4.69, 9.17) is 15.4 Å². The van der Waals surface area contributed by atoms with E-state index in [9.17, 15) is 4.79 Å². The average molecular weight is 196 g/mol. The van der Waals surface area contributed by atoms with Crippen LogP contribution in [0.25, 0.3) is 0 Å². The van der Waals surface area contributed by atoms with Crippen molar-refractivity contribution in [2.45, 2.75) is 31.2 Å². The van der Waals surface area contributed by atoms with Gasteiger partial charge in [0.05, 0.1) is 5.69 Å². The molecule has 0 aromatic carbocycles. The first-order valence-electron chi connectivity index (χ1n) is 4.60. The highest BCUT2D eigenvalue weighted by molar-refractivity contribution is 5.73. The number of hydrogen-bond donors (Lipinski definition) is 2. The standard InChI is InChI=1S/C9H12N2O3/c10-7(9(12)13)3-6-4-8(14-11-6)5-1-2-5/h4-5,7H,1-3,10H2,(H,12,13). The van der Waals surface area contributed by atoms with E-state index in [2.05, 4.69) is 5.16 Å². The summed E-state index contributed by atoms with van der Waals surface area (Å²) in [6.45, 7) is 0. The lowest BCUT2D eigenvalue weighted by Gasteiger charge is -2.00. The second kappa shape index (κ2) is 3.42. The Kier molecular flexibility index (Phi) is 2.25. The van der Waals surface area contributed by atoms with Crippen molar-refractivity contribution in [2.24, 2.45) is 5.73 Å². The summed E-state index contributed by atoms with van der Waals surface area (Å²) in [7, 11) is 0. The smallest absolute Gasteiger partial charge is 0.320 e. The van der Waals surface area contributed by atoms with E-state index in [1.807, 2.05) is 0 Å². The van der Waals surface area contributed by atoms with Crippen molar-refractivity contribution in [3.63, 3.8) is 0 Å². The highest BCUT2D eigenvalue weighted by atomic mass is 16.5. The van der Waals surface area contributed by atoms with Crippen molar-refractivity contribution >= 4 is 5.97 Å². The quantitative estimate of drug-likeness (QED) is 0.732. The van der Waals surface area contributed by atoms with Gasteiger partial charge in [0.25, 0.3) is 0 Å². The lowest BCUT2D eigenvalue weighted by molar-refractivity contribution is -0.138. The molecule has 1 atom stereocenters. The number of aliphatic carboxylic acids is 1. The Balaban J connectivity index is 1.98. The first-order chi connectivity index (χ1) is 6.66. The van der Waals surface area contributed by atoms with E-state index >= 15 is 0 Å². The summed E-state index contributed by atoms with van der Waals surface area (Å²) >= 11 is 0. The Morgan fingerprint density at radius 2 is 2.50 bits per heavy atom. The van der Waals surface area contributed by atoms with Crippen molar-refractivity contribution < 1.29 is 14.4 Å². The van der Waals surface area contributed by atoms with Crippen LogP contribution in [-0.4, -0.2) is 22.3 Å².